The molecule has 170 valence electrons. The average molecular weight is 454 g/mol. The third kappa shape index (κ3) is 3.90. The summed E-state index contributed by atoms with van der Waals surface area (Å²) in [5.41, 5.74) is 4.83. The van der Waals surface area contributed by atoms with Gasteiger partial charge in [-0.15, -0.1) is 5.10 Å². The van der Waals surface area contributed by atoms with Gasteiger partial charge >= 0.3 is 0 Å². The van der Waals surface area contributed by atoms with E-state index < -0.39 is 0 Å². The summed E-state index contributed by atoms with van der Waals surface area (Å²) in [5, 5.41) is 11.0. The van der Waals surface area contributed by atoms with Crippen molar-refractivity contribution in [1.82, 2.24) is 15.0 Å². The largest absolute Gasteiger partial charge is 0.497 e. The molecule has 0 aliphatic carbocycles. The van der Waals surface area contributed by atoms with Gasteiger partial charge in [0, 0.05) is 29.5 Å². The zero-order chi connectivity index (χ0) is 23.7. The number of carbonyl (C=O) groups excluding carboxylic acids is 2. The van der Waals surface area contributed by atoms with Crippen molar-refractivity contribution in [1.29, 1.82) is 0 Å². The average Bonchev–Trinajstić information content (AvgIpc) is 3.48. The van der Waals surface area contributed by atoms with Crippen LogP contribution in [0.15, 0.2) is 72.8 Å². The highest BCUT2D eigenvalue weighted by molar-refractivity contribution is 6.08. The Bertz CT molecular complexity index is 1380. The topological polar surface area (TPSA) is 89.3 Å². The van der Waals surface area contributed by atoms with Crippen LogP contribution in [0.25, 0.3) is 5.69 Å². The molecule has 0 saturated heterocycles. The number of methoxy groups -OCH3 is 1. The van der Waals surface area contributed by atoms with E-state index in [1.807, 2.05) is 48.5 Å². The monoisotopic (exact) mass is 453 g/mol. The lowest BCUT2D eigenvalue weighted by Gasteiger charge is -2.17. The Morgan fingerprint density at radius 3 is 2.59 bits per heavy atom. The van der Waals surface area contributed by atoms with E-state index in [1.54, 1.807) is 47.9 Å². The van der Waals surface area contributed by atoms with Crippen LogP contribution >= 0.6 is 0 Å². The number of rotatable bonds is 5. The van der Waals surface area contributed by atoms with Gasteiger partial charge in [0.2, 0.25) is 0 Å². The maximum atomic E-state index is 13.0. The van der Waals surface area contributed by atoms with Gasteiger partial charge in [-0.25, -0.2) is 4.68 Å². The SMILES string of the molecule is COc1cccc(-n2nnc(C(=O)Nc3ccc(C(=O)N4CCc5ccccc54)cc3)c2C)c1. The van der Waals surface area contributed by atoms with Crippen LogP contribution in [0.3, 0.4) is 0 Å². The molecule has 0 unspecified atom stereocenters. The van der Waals surface area contributed by atoms with Crippen molar-refractivity contribution in [3.8, 4) is 11.4 Å². The van der Waals surface area contributed by atoms with Gasteiger partial charge in [0.05, 0.1) is 18.5 Å². The molecule has 3 aromatic carbocycles. The Kier molecular flexibility index (Phi) is 5.55. The molecule has 0 radical (unpaired) electrons. The number of carbonyl (C=O) groups is 2. The second kappa shape index (κ2) is 8.82. The molecule has 0 fully saturated rings. The Hall–Kier alpha value is -4.46. The first-order valence-electron chi connectivity index (χ1n) is 10.9. The summed E-state index contributed by atoms with van der Waals surface area (Å²) >= 11 is 0. The van der Waals surface area contributed by atoms with E-state index in [4.69, 9.17) is 4.74 Å². The summed E-state index contributed by atoms with van der Waals surface area (Å²) in [6.07, 6.45) is 0.853. The van der Waals surface area contributed by atoms with Gasteiger partial charge in [-0.2, -0.15) is 0 Å². The fourth-order valence-electron chi connectivity index (χ4n) is 4.12. The highest BCUT2D eigenvalue weighted by atomic mass is 16.5. The number of anilines is 2. The lowest BCUT2D eigenvalue weighted by Crippen LogP contribution is -2.28. The summed E-state index contributed by atoms with van der Waals surface area (Å²) in [5.74, 6) is 0.254. The number of hydrogen-bond acceptors (Lipinski definition) is 5. The molecule has 2 amide bonds. The standard InChI is InChI=1S/C26H23N5O3/c1-17-24(28-29-31(17)21-7-5-8-22(16-21)34-2)25(32)27-20-12-10-19(11-13-20)26(33)30-15-14-18-6-3-4-9-23(18)30/h3-13,16H,14-15H2,1-2H3,(H,27,32). The fourth-order valence-corrected chi connectivity index (χ4v) is 4.12. The van der Waals surface area contributed by atoms with Gasteiger partial charge in [-0.3, -0.25) is 9.59 Å². The van der Waals surface area contributed by atoms with E-state index in [1.165, 1.54) is 5.56 Å². The van der Waals surface area contributed by atoms with Crippen LogP contribution < -0.4 is 15.0 Å². The van der Waals surface area contributed by atoms with Gasteiger partial charge in [0.1, 0.15) is 5.75 Å². The number of nitrogens with zero attached hydrogens (tertiary/aromatic N) is 4. The number of fused-ring (bicyclic) bond motifs is 1. The third-order valence-corrected chi connectivity index (χ3v) is 5.93. The smallest absolute Gasteiger partial charge is 0.278 e. The van der Waals surface area contributed by atoms with E-state index in [2.05, 4.69) is 15.6 Å². The molecule has 8 heteroatoms. The molecule has 1 aromatic heterocycles. The predicted molar refractivity (Wildman–Crippen MR) is 129 cm³/mol. The Balaban J connectivity index is 1.30. The first-order valence-corrected chi connectivity index (χ1v) is 10.9. The molecule has 0 atom stereocenters. The number of para-hydroxylation sites is 1. The number of aromatic nitrogens is 3. The van der Waals surface area contributed by atoms with Crippen LogP contribution in [0.2, 0.25) is 0 Å². The number of ether oxygens (including phenoxy) is 1. The summed E-state index contributed by atoms with van der Waals surface area (Å²) in [6, 6.07) is 22.2. The van der Waals surface area contributed by atoms with Gasteiger partial charge in [0.15, 0.2) is 5.69 Å². The lowest BCUT2D eigenvalue weighted by atomic mass is 10.1. The molecule has 2 heterocycles. The van der Waals surface area contributed by atoms with Gasteiger partial charge in [0.25, 0.3) is 11.8 Å². The molecule has 8 nitrogen and oxygen atoms in total. The second-order valence-corrected chi connectivity index (χ2v) is 8.00. The van der Waals surface area contributed by atoms with E-state index in [-0.39, 0.29) is 17.5 Å². The fraction of sp³-hybridized carbons (Fsp3) is 0.154. The van der Waals surface area contributed by atoms with Crippen molar-refractivity contribution in [2.24, 2.45) is 0 Å². The predicted octanol–water partition coefficient (Wildman–Crippen LogP) is 4.04. The van der Waals surface area contributed by atoms with Crippen LogP contribution in [-0.2, 0) is 6.42 Å². The van der Waals surface area contributed by atoms with Gasteiger partial charge in [-0.1, -0.05) is 29.5 Å². The van der Waals surface area contributed by atoms with E-state index >= 15 is 0 Å². The van der Waals surface area contributed by atoms with E-state index in [9.17, 15) is 9.59 Å². The molecular weight excluding hydrogens is 430 g/mol. The summed E-state index contributed by atoms with van der Waals surface area (Å²) in [6.45, 7) is 2.45. The molecule has 5 rings (SSSR count). The van der Waals surface area contributed by atoms with Crippen molar-refractivity contribution in [3.05, 3.63) is 95.3 Å². The quantitative estimate of drug-likeness (QED) is 0.493. The lowest BCUT2D eigenvalue weighted by molar-refractivity contribution is 0.0988. The second-order valence-electron chi connectivity index (χ2n) is 8.00. The van der Waals surface area contributed by atoms with Crippen molar-refractivity contribution < 1.29 is 14.3 Å². The van der Waals surface area contributed by atoms with Crippen molar-refractivity contribution in [2.75, 3.05) is 23.9 Å². The zero-order valence-corrected chi connectivity index (χ0v) is 18.9. The van der Waals surface area contributed by atoms with Crippen LogP contribution in [0.4, 0.5) is 11.4 Å². The molecule has 1 aliphatic heterocycles. The van der Waals surface area contributed by atoms with Crippen LogP contribution in [0.5, 0.6) is 5.75 Å². The maximum Gasteiger partial charge on any atom is 0.278 e. The molecule has 1 N–H and O–H groups in total. The number of amides is 2. The first kappa shape index (κ1) is 21.4. The third-order valence-electron chi connectivity index (χ3n) is 5.93. The molecule has 1 aliphatic rings. The van der Waals surface area contributed by atoms with Crippen molar-refractivity contribution in [2.45, 2.75) is 13.3 Å². The highest BCUT2D eigenvalue weighted by Gasteiger charge is 2.25. The first-order chi connectivity index (χ1) is 16.5. The molecular formula is C26H23N5O3. The van der Waals surface area contributed by atoms with Crippen LogP contribution in [-0.4, -0.2) is 40.5 Å². The van der Waals surface area contributed by atoms with Gasteiger partial charge < -0.3 is 15.0 Å². The Morgan fingerprint density at radius 1 is 1.00 bits per heavy atom. The number of benzene rings is 3. The molecule has 0 saturated carbocycles. The molecule has 4 aromatic rings. The van der Waals surface area contributed by atoms with Crippen LogP contribution in [0, 0.1) is 6.92 Å². The minimum absolute atomic E-state index is 0.0556. The molecule has 0 spiro atoms. The highest BCUT2D eigenvalue weighted by Crippen LogP contribution is 2.29. The molecule has 34 heavy (non-hydrogen) atoms. The number of nitrogens with one attached hydrogen (secondary N) is 1. The summed E-state index contributed by atoms with van der Waals surface area (Å²) < 4.78 is 6.85. The minimum Gasteiger partial charge on any atom is -0.497 e. The molecule has 0 bridgehead atoms. The Labute approximate surface area is 196 Å². The van der Waals surface area contributed by atoms with Crippen molar-refractivity contribution in [3.63, 3.8) is 0 Å². The Morgan fingerprint density at radius 2 is 1.79 bits per heavy atom. The summed E-state index contributed by atoms with van der Waals surface area (Å²) in [4.78, 5) is 27.6. The number of hydrogen-bond donors (Lipinski definition) is 1. The van der Waals surface area contributed by atoms with E-state index in [0.29, 0.717) is 29.2 Å². The van der Waals surface area contributed by atoms with Crippen molar-refractivity contribution >= 4 is 23.2 Å². The van der Waals surface area contributed by atoms with E-state index in [0.717, 1.165) is 17.8 Å². The zero-order valence-electron chi connectivity index (χ0n) is 18.9. The van der Waals surface area contributed by atoms with Gasteiger partial charge in [-0.05, 0) is 61.4 Å². The van der Waals surface area contributed by atoms with Crippen LogP contribution in [0.1, 0.15) is 32.1 Å². The maximum absolute atomic E-state index is 13.0. The minimum atomic E-state index is -0.376. The normalized spacial score (nSPS) is 12.4. The summed E-state index contributed by atoms with van der Waals surface area (Å²) in [7, 11) is 1.59.